The van der Waals surface area contributed by atoms with Crippen molar-refractivity contribution < 1.29 is 9.15 Å². The average molecular weight is 417 g/mol. The largest absolute Gasteiger partial charge is 0.494 e. The number of ether oxygens (including phenoxy) is 1. The first-order valence-electron chi connectivity index (χ1n) is 8.97. The Labute approximate surface area is 175 Å². The minimum Gasteiger partial charge on any atom is -0.494 e. The van der Waals surface area contributed by atoms with Gasteiger partial charge in [0, 0.05) is 17.1 Å². The van der Waals surface area contributed by atoms with Gasteiger partial charge in [-0.25, -0.2) is 4.98 Å². The first-order chi connectivity index (χ1) is 13.1. The molecule has 0 atom stereocenters. The van der Waals surface area contributed by atoms with E-state index in [9.17, 15) is 0 Å². The van der Waals surface area contributed by atoms with E-state index >= 15 is 0 Å². The summed E-state index contributed by atoms with van der Waals surface area (Å²) >= 11 is 6.06. The summed E-state index contributed by atoms with van der Waals surface area (Å²) in [6, 6.07) is 17.7. The molecule has 0 aliphatic rings. The predicted octanol–water partition coefficient (Wildman–Crippen LogP) is 6.05. The van der Waals surface area contributed by atoms with E-state index in [0.717, 1.165) is 46.2 Å². The summed E-state index contributed by atoms with van der Waals surface area (Å²) in [5, 5.41) is 2.82. The summed E-state index contributed by atoms with van der Waals surface area (Å²) in [5.41, 5.74) is 2.45. The zero-order chi connectivity index (χ0) is 18.8. The maximum atomic E-state index is 6.06. The second kappa shape index (κ2) is 8.82. The fourth-order valence-corrected chi connectivity index (χ4v) is 3.29. The van der Waals surface area contributed by atoms with Crippen LogP contribution in [0.2, 0.25) is 5.02 Å². The number of fused-ring (bicyclic) bond motifs is 2. The molecule has 0 aliphatic heterocycles. The number of benzene rings is 3. The molecule has 1 heterocycles. The van der Waals surface area contributed by atoms with Crippen LogP contribution in [0.1, 0.15) is 6.42 Å². The van der Waals surface area contributed by atoms with Crippen molar-refractivity contribution in [1.29, 1.82) is 0 Å². The maximum Gasteiger partial charge on any atom is 0.227 e. The van der Waals surface area contributed by atoms with Crippen LogP contribution < -0.4 is 4.74 Å². The second-order valence-corrected chi connectivity index (χ2v) is 7.26. The summed E-state index contributed by atoms with van der Waals surface area (Å²) < 4.78 is 11.8. The molecule has 6 heteroatoms. The number of rotatable bonds is 6. The molecule has 0 spiro atoms. The lowest BCUT2D eigenvalue weighted by Gasteiger charge is -2.11. The van der Waals surface area contributed by atoms with Crippen LogP contribution >= 0.6 is 24.0 Å². The van der Waals surface area contributed by atoms with Crippen molar-refractivity contribution in [2.75, 3.05) is 27.2 Å². The highest BCUT2D eigenvalue weighted by atomic mass is 35.5. The Hall–Kier alpha value is -2.27. The number of nitrogens with zero attached hydrogens (tertiary/aromatic N) is 2. The van der Waals surface area contributed by atoms with Gasteiger partial charge in [-0.05, 0) is 73.8 Å². The number of oxazole rings is 1. The van der Waals surface area contributed by atoms with Gasteiger partial charge in [-0.2, -0.15) is 0 Å². The Kier molecular flexibility index (Phi) is 6.45. The molecule has 0 bridgehead atoms. The van der Waals surface area contributed by atoms with E-state index < -0.39 is 0 Å². The number of aromatic nitrogens is 1. The third-order valence-electron chi connectivity index (χ3n) is 4.45. The number of hydrogen-bond acceptors (Lipinski definition) is 4. The lowest BCUT2D eigenvalue weighted by atomic mass is 10.0. The molecule has 0 saturated carbocycles. The van der Waals surface area contributed by atoms with Crippen LogP contribution in [0.5, 0.6) is 5.75 Å². The van der Waals surface area contributed by atoms with Crippen molar-refractivity contribution in [3.05, 3.63) is 59.6 Å². The summed E-state index contributed by atoms with van der Waals surface area (Å²) in [4.78, 5) is 6.76. The Bertz CT molecular complexity index is 1090. The lowest BCUT2D eigenvalue weighted by molar-refractivity contribution is 0.282. The molecule has 1 aromatic heterocycles. The van der Waals surface area contributed by atoms with Crippen LogP contribution in [0.15, 0.2) is 59.0 Å². The average Bonchev–Trinajstić information content (AvgIpc) is 3.07. The number of halogens is 2. The summed E-state index contributed by atoms with van der Waals surface area (Å²) in [5.74, 6) is 1.47. The van der Waals surface area contributed by atoms with Crippen molar-refractivity contribution in [3.63, 3.8) is 0 Å². The molecule has 0 unspecified atom stereocenters. The molecule has 4 nitrogen and oxygen atoms in total. The Balaban J connectivity index is 0.00000225. The smallest absolute Gasteiger partial charge is 0.227 e. The fraction of sp³-hybridized carbons (Fsp3) is 0.227. The van der Waals surface area contributed by atoms with E-state index in [1.807, 2.05) is 36.4 Å². The molecule has 0 N–H and O–H groups in total. The minimum absolute atomic E-state index is 0. The van der Waals surface area contributed by atoms with Gasteiger partial charge in [0.1, 0.15) is 11.3 Å². The molecule has 0 amide bonds. The molecular weight excluding hydrogens is 395 g/mol. The molecule has 0 fully saturated rings. The third kappa shape index (κ3) is 4.41. The minimum atomic E-state index is 0. The summed E-state index contributed by atoms with van der Waals surface area (Å²) in [7, 11) is 4.13. The predicted molar refractivity (Wildman–Crippen MR) is 118 cm³/mol. The Morgan fingerprint density at radius 1 is 1.07 bits per heavy atom. The van der Waals surface area contributed by atoms with E-state index in [1.54, 1.807) is 0 Å². The summed E-state index contributed by atoms with van der Waals surface area (Å²) in [6.45, 7) is 1.72. The zero-order valence-electron chi connectivity index (χ0n) is 15.8. The maximum absolute atomic E-state index is 6.06. The van der Waals surface area contributed by atoms with E-state index in [-0.39, 0.29) is 12.4 Å². The number of hydrogen-bond donors (Lipinski definition) is 0. The van der Waals surface area contributed by atoms with Gasteiger partial charge in [-0.1, -0.05) is 23.7 Å². The van der Waals surface area contributed by atoms with Crippen molar-refractivity contribution >= 4 is 45.9 Å². The zero-order valence-corrected chi connectivity index (χ0v) is 17.4. The van der Waals surface area contributed by atoms with Gasteiger partial charge in [0.25, 0.3) is 0 Å². The molecule has 3 aromatic carbocycles. The highest BCUT2D eigenvalue weighted by Gasteiger charge is 2.12. The van der Waals surface area contributed by atoms with Crippen molar-refractivity contribution in [1.82, 2.24) is 9.88 Å². The second-order valence-electron chi connectivity index (χ2n) is 6.82. The molecule has 0 aliphatic carbocycles. The highest BCUT2D eigenvalue weighted by Crippen LogP contribution is 2.33. The van der Waals surface area contributed by atoms with Gasteiger partial charge in [0.05, 0.1) is 6.61 Å². The van der Waals surface area contributed by atoms with Crippen LogP contribution in [-0.4, -0.2) is 37.1 Å². The summed E-state index contributed by atoms with van der Waals surface area (Å²) in [6.07, 6.45) is 0.997. The van der Waals surface area contributed by atoms with Gasteiger partial charge in [-0.3, -0.25) is 0 Å². The molecule has 0 saturated heterocycles. The normalized spacial score (nSPS) is 11.1. The molecule has 4 aromatic rings. The lowest BCUT2D eigenvalue weighted by Crippen LogP contribution is -2.15. The van der Waals surface area contributed by atoms with E-state index in [4.69, 9.17) is 20.8 Å². The third-order valence-corrected chi connectivity index (χ3v) is 4.69. The van der Waals surface area contributed by atoms with Crippen LogP contribution in [0.25, 0.3) is 33.3 Å². The monoisotopic (exact) mass is 416 g/mol. The Morgan fingerprint density at radius 2 is 1.93 bits per heavy atom. The Morgan fingerprint density at radius 3 is 2.75 bits per heavy atom. The quantitative estimate of drug-likeness (QED) is 0.358. The van der Waals surface area contributed by atoms with Crippen molar-refractivity contribution in [2.45, 2.75) is 6.42 Å². The molecule has 0 radical (unpaired) electrons. The van der Waals surface area contributed by atoms with Crippen LogP contribution in [-0.2, 0) is 0 Å². The van der Waals surface area contributed by atoms with E-state index in [0.29, 0.717) is 17.5 Å². The van der Waals surface area contributed by atoms with Crippen molar-refractivity contribution in [3.8, 4) is 17.2 Å². The molecule has 4 rings (SSSR count). The van der Waals surface area contributed by atoms with Crippen molar-refractivity contribution in [2.24, 2.45) is 0 Å². The standard InChI is InChI=1S/C22H21ClN2O2.ClH/c1-25(2)11-4-12-26-17-8-9-18-15(13-17)5-3-6-19(18)22-24-20-14-16(23)7-10-21(20)27-22;/h3,5-10,13-14H,4,11-12H2,1-2H3;1H. The van der Waals surface area contributed by atoms with E-state index in [1.165, 1.54) is 0 Å². The van der Waals surface area contributed by atoms with Gasteiger partial charge >= 0.3 is 0 Å². The first-order valence-corrected chi connectivity index (χ1v) is 9.35. The highest BCUT2D eigenvalue weighted by molar-refractivity contribution is 6.31. The molecular formula is C22H22Cl2N2O2. The van der Waals surface area contributed by atoms with Gasteiger partial charge in [-0.15, -0.1) is 12.4 Å². The SMILES string of the molecule is CN(C)CCCOc1ccc2c(-c3nc4cc(Cl)ccc4o3)cccc2c1.Cl. The van der Waals surface area contributed by atoms with Crippen LogP contribution in [0, 0.1) is 0 Å². The molecule has 28 heavy (non-hydrogen) atoms. The topological polar surface area (TPSA) is 38.5 Å². The fourth-order valence-electron chi connectivity index (χ4n) is 3.12. The van der Waals surface area contributed by atoms with Crippen LogP contribution in [0.4, 0.5) is 0 Å². The van der Waals surface area contributed by atoms with Gasteiger partial charge < -0.3 is 14.1 Å². The van der Waals surface area contributed by atoms with E-state index in [2.05, 4.69) is 42.2 Å². The van der Waals surface area contributed by atoms with Crippen LogP contribution in [0.3, 0.4) is 0 Å². The van der Waals surface area contributed by atoms with Gasteiger partial charge in [0.15, 0.2) is 5.58 Å². The van der Waals surface area contributed by atoms with Gasteiger partial charge in [0.2, 0.25) is 5.89 Å². The first kappa shape index (κ1) is 20.5. The molecule has 146 valence electrons.